The van der Waals surface area contributed by atoms with Crippen LogP contribution >= 0.6 is 0 Å². The standard InChI is InChI=1S/C10H22N2O2/c1-8(2)11-7-10(14)12(4)6-5-9(3)13/h8-9,11,13H,5-7H2,1-4H3. The van der Waals surface area contributed by atoms with E-state index in [-0.39, 0.29) is 12.0 Å². The van der Waals surface area contributed by atoms with E-state index in [1.807, 2.05) is 13.8 Å². The zero-order valence-electron chi connectivity index (χ0n) is 9.58. The fourth-order valence-electron chi connectivity index (χ4n) is 0.932. The summed E-state index contributed by atoms with van der Waals surface area (Å²) in [6, 6.07) is 0.323. The highest BCUT2D eigenvalue weighted by Crippen LogP contribution is 1.93. The number of nitrogens with zero attached hydrogens (tertiary/aromatic N) is 1. The summed E-state index contributed by atoms with van der Waals surface area (Å²) in [5.74, 6) is 0.0688. The number of carbonyl (C=O) groups excluding carboxylic acids is 1. The van der Waals surface area contributed by atoms with Crippen LogP contribution in [0, 0.1) is 0 Å². The number of likely N-dealkylation sites (N-methyl/N-ethyl adjacent to an activating group) is 1. The fraction of sp³-hybridized carbons (Fsp3) is 0.900. The van der Waals surface area contributed by atoms with Crippen molar-refractivity contribution < 1.29 is 9.90 Å². The molecule has 4 nitrogen and oxygen atoms in total. The molecule has 0 fully saturated rings. The van der Waals surface area contributed by atoms with Crippen molar-refractivity contribution in [1.82, 2.24) is 10.2 Å². The largest absolute Gasteiger partial charge is 0.393 e. The van der Waals surface area contributed by atoms with Gasteiger partial charge in [-0.2, -0.15) is 0 Å². The first kappa shape index (κ1) is 13.4. The van der Waals surface area contributed by atoms with E-state index in [1.165, 1.54) is 0 Å². The summed E-state index contributed by atoms with van der Waals surface area (Å²) in [5, 5.41) is 12.1. The van der Waals surface area contributed by atoms with Crippen LogP contribution in [0.1, 0.15) is 27.2 Å². The van der Waals surface area contributed by atoms with Gasteiger partial charge in [-0.05, 0) is 13.3 Å². The van der Waals surface area contributed by atoms with E-state index in [2.05, 4.69) is 5.32 Å². The summed E-state index contributed by atoms with van der Waals surface area (Å²) in [7, 11) is 1.76. The molecule has 0 heterocycles. The van der Waals surface area contributed by atoms with E-state index in [0.29, 0.717) is 25.6 Å². The van der Waals surface area contributed by atoms with E-state index < -0.39 is 0 Å². The zero-order chi connectivity index (χ0) is 11.1. The lowest BCUT2D eigenvalue weighted by molar-refractivity contribution is -0.129. The molecule has 0 aliphatic heterocycles. The van der Waals surface area contributed by atoms with Crippen LogP contribution in [-0.4, -0.2) is 48.2 Å². The Bertz CT molecular complexity index is 170. The zero-order valence-corrected chi connectivity index (χ0v) is 9.58. The molecule has 14 heavy (non-hydrogen) atoms. The summed E-state index contributed by atoms with van der Waals surface area (Å²) in [6.45, 7) is 6.71. The average Bonchev–Trinajstić information content (AvgIpc) is 2.09. The highest BCUT2D eigenvalue weighted by atomic mass is 16.3. The summed E-state index contributed by atoms with van der Waals surface area (Å²) in [4.78, 5) is 13.1. The quantitative estimate of drug-likeness (QED) is 0.647. The number of hydrogen-bond donors (Lipinski definition) is 2. The predicted octanol–water partition coefficient (Wildman–Crippen LogP) is 0.214. The maximum Gasteiger partial charge on any atom is 0.236 e. The highest BCUT2D eigenvalue weighted by molar-refractivity contribution is 5.77. The molecule has 0 rings (SSSR count). The molecule has 0 aliphatic rings. The van der Waals surface area contributed by atoms with Crippen molar-refractivity contribution in [3.05, 3.63) is 0 Å². The molecule has 84 valence electrons. The Kier molecular flexibility index (Phi) is 6.49. The van der Waals surface area contributed by atoms with Crippen LogP contribution in [0.5, 0.6) is 0 Å². The molecule has 0 aliphatic carbocycles. The molecule has 0 aromatic heterocycles. The van der Waals surface area contributed by atoms with Crippen LogP contribution in [0.25, 0.3) is 0 Å². The molecule has 0 saturated heterocycles. The number of rotatable bonds is 6. The highest BCUT2D eigenvalue weighted by Gasteiger charge is 2.09. The third kappa shape index (κ3) is 6.86. The lowest BCUT2D eigenvalue weighted by Crippen LogP contribution is -2.39. The molecule has 4 heteroatoms. The van der Waals surface area contributed by atoms with Gasteiger partial charge in [0.25, 0.3) is 0 Å². The second-order valence-electron chi connectivity index (χ2n) is 3.99. The number of nitrogens with one attached hydrogen (secondary N) is 1. The molecule has 1 atom stereocenters. The first-order valence-electron chi connectivity index (χ1n) is 5.09. The topological polar surface area (TPSA) is 52.6 Å². The number of amides is 1. The molecular weight excluding hydrogens is 180 g/mol. The van der Waals surface area contributed by atoms with Crippen LogP contribution in [0.15, 0.2) is 0 Å². The van der Waals surface area contributed by atoms with Crippen molar-refractivity contribution in [2.24, 2.45) is 0 Å². The van der Waals surface area contributed by atoms with Crippen molar-refractivity contribution >= 4 is 5.91 Å². The number of hydrogen-bond acceptors (Lipinski definition) is 3. The second kappa shape index (κ2) is 6.79. The third-order valence-corrected chi connectivity index (χ3v) is 1.97. The third-order valence-electron chi connectivity index (χ3n) is 1.97. The van der Waals surface area contributed by atoms with Crippen LogP contribution < -0.4 is 5.32 Å². The van der Waals surface area contributed by atoms with Gasteiger partial charge in [0.15, 0.2) is 0 Å². The van der Waals surface area contributed by atoms with Gasteiger partial charge in [-0.25, -0.2) is 0 Å². The predicted molar refractivity (Wildman–Crippen MR) is 57.1 cm³/mol. The van der Waals surface area contributed by atoms with Gasteiger partial charge in [0, 0.05) is 19.6 Å². The Labute approximate surface area is 86.3 Å². The van der Waals surface area contributed by atoms with E-state index >= 15 is 0 Å². The minimum absolute atomic E-state index is 0.0688. The Balaban J connectivity index is 3.65. The van der Waals surface area contributed by atoms with Crippen LogP contribution in [0.2, 0.25) is 0 Å². The van der Waals surface area contributed by atoms with Gasteiger partial charge in [0.2, 0.25) is 5.91 Å². The summed E-state index contributed by atoms with van der Waals surface area (Å²) in [6.07, 6.45) is 0.285. The minimum atomic E-state index is -0.344. The normalized spacial score (nSPS) is 13.0. The molecular formula is C10H22N2O2. The monoisotopic (exact) mass is 202 g/mol. The number of aliphatic hydroxyl groups is 1. The SMILES string of the molecule is CC(O)CCN(C)C(=O)CNC(C)C. The molecule has 0 radical (unpaired) electrons. The van der Waals surface area contributed by atoms with Crippen molar-refractivity contribution in [3.63, 3.8) is 0 Å². The van der Waals surface area contributed by atoms with E-state index in [1.54, 1.807) is 18.9 Å². The first-order chi connectivity index (χ1) is 6.43. The van der Waals surface area contributed by atoms with Gasteiger partial charge >= 0.3 is 0 Å². The van der Waals surface area contributed by atoms with Crippen LogP contribution in [0.4, 0.5) is 0 Å². The fourth-order valence-corrected chi connectivity index (χ4v) is 0.932. The Morgan fingerprint density at radius 3 is 2.43 bits per heavy atom. The van der Waals surface area contributed by atoms with Gasteiger partial charge in [-0.1, -0.05) is 13.8 Å². The molecule has 0 aromatic rings. The van der Waals surface area contributed by atoms with Crippen LogP contribution in [0.3, 0.4) is 0 Å². The molecule has 0 spiro atoms. The van der Waals surface area contributed by atoms with Crippen molar-refractivity contribution in [2.75, 3.05) is 20.1 Å². The van der Waals surface area contributed by atoms with Gasteiger partial charge in [-0.3, -0.25) is 4.79 Å². The lowest BCUT2D eigenvalue weighted by atomic mass is 10.3. The average molecular weight is 202 g/mol. The van der Waals surface area contributed by atoms with Gasteiger partial charge in [-0.15, -0.1) is 0 Å². The van der Waals surface area contributed by atoms with Crippen molar-refractivity contribution in [2.45, 2.75) is 39.3 Å². The summed E-state index contributed by atoms with van der Waals surface area (Å²) in [5.41, 5.74) is 0. The van der Waals surface area contributed by atoms with Crippen LogP contribution in [-0.2, 0) is 4.79 Å². The summed E-state index contributed by atoms with van der Waals surface area (Å²) >= 11 is 0. The molecule has 2 N–H and O–H groups in total. The maximum absolute atomic E-state index is 11.4. The van der Waals surface area contributed by atoms with E-state index in [4.69, 9.17) is 5.11 Å². The second-order valence-corrected chi connectivity index (χ2v) is 3.99. The van der Waals surface area contributed by atoms with E-state index in [0.717, 1.165) is 0 Å². The Hall–Kier alpha value is -0.610. The number of carbonyl (C=O) groups is 1. The summed E-state index contributed by atoms with van der Waals surface area (Å²) < 4.78 is 0. The minimum Gasteiger partial charge on any atom is -0.393 e. The first-order valence-corrected chi connectivity index (χ1v) is 5.09. The van der Waals surface area contributed by atoms with E-state index in [9.17, 15) is 4.79 Å². The molecule has 1 unspecified atom stereocenters. The van der Waals surface area contributed by atoms with Gasteiger partial charge < -0.3 is 15.3 Å². The van der Waals surface area contributed by atoms with Crippen molar-refractivity contribution in [3.8, 4) is 0 Å². The molecule has 0 bridgehead atoms. The molecule has 1 amide bonds. The number of aliphatic hydroxyl groups excluding tert-OH is 1. The Morgan fingerprint density at radius 2 is 2.00 bits per heavy atom. The lowest BCUT2D eigenvalue weighted by Gasteiger charge is -2.19. The smallest absolute Gasteiger partial charge is 0.236 e. The maximum atomic E-state index is 11.4. The van der Waals surface area contributed by atoms with Gasteiger partial charge in [0.05, 0.1) is 12.6 Å². The Morgan fingerprint density at radius 1 is 1.43 bits per heavy atom. The molecule has 0 saturated carbocycles. The van der Waals surface area contributed by atoms with Crippen molar-refractivity contribution in [1.29, 1.82) is 0 Å². The van der Waals surface area contributed by atoms with Gasteiger partial charge in [0.1, 0.15) is 0 Å². The molecule has 0 aromatic carbocycles.